The molecule has 130 valence electrons. The molecule has 0 fully saturated rings. The Morgan fingerprint density at radius 1 is 0.885 bits per heavy atom. The lowest BCUT2D eigenvalue weighted by Crippen LogP contribution is -2.13. The lowest BCUT2D eigenvalue weighted by molar-refractivity contribution is 0.601. The van der Waals surface area contributed by atoms with Crippen molar-refractivity contribution in [3.05, 3.63) is 84.7 Å². The molecule has 0 spiro atoms. The second-order valence-corrected chi connectivity index (χ2v) is 7.73. The largest absolute Gasteiger partial charge is 0.280 e. The molecule has 0 bridgehead atoms. The van der Waals surface area contributed by atoms with Gasteiger partial charge >= 0.3 is 0 Å². The first-order valence-electron chi connectivity index (χ1n) is 8.16. The van der Waals surface area contributed by atoms with Crippen LogP contribution in [0, 0.1) is 6.92 Å². The Bertz CT molecular complexity index is 1200. The summed E-state index contributed by atoms with van der Waals surface area (Å²) >= 11 is 0. The van der Waals surface area contributed by atoms with E-state index < -0.39 is 10.0 Å². The van der Waals surface area contributed by atoms with Crippen molar-refractivity contribution < 1.29 is 8.42 Å². The van der Waals surface area contributed by atoms with E-state index in [4.69, 9.17) is 0 Å². The number of hydrogen-bond donors (Lipinski definition) is 1. The zero-order valence-electron chi connectivity index (χ0n) is 14.1. The minimum atomic E-state index is -3.68. The third-order valence-electron chi connectivity index (χ3n) is 4.21. The van der Waals surface area contributed by atoms with Crippen molar-refractivity contribution in [1.82, 2.24) is 9.78 Å². The van der Waals surface area contributed by atoms with Crippen LogP contribution in [0.25, 0.3) is 16.5 Å². The van der Waals surface area contributed by atoms with Crippen LogP contribution >= 0.6 is 0 Å². The first-order chi connectivity index (χ1) is 12.5. The number of benzene rings is 3. The molecule has 0 saturated heterocycles. The number of fused-ring (bicyclic) bond motifs is 1. The van der Waals surface area contributed by atoms with Crippen molar-refractivity contribution in [2.24, 2.45) is 0 Å². The Balaban J connectivity index is 1.68. The van der Waals surface area contributed by atoms with Gasteiger partial charge in [0.05, 0.1) is 16.3 Å². The molecule has 0 unspecified atom stereocenters. The molecule has 0 aliphatic carbocycles. The number of anilines is 1. The molecule has 4 aromatic rings. The molecule has 1 N–H and O–H groups in total. The van der Waals surface area contributed by atoms with Gasteiger partial charge in [-0.2, -0.15) is 5.10 Å². The number of aryl methyl sites for hydroxylation is 1. The maximum Gasteiger partial charge on any atom is 0.261 e. The molecule has 0 atom stereocenters. The molecule has 0 amide bonds. The normalized spacial score (nSPS) is 11.6. The molecule has 1 aromatic heterocycles. The van der Waals surface area contributed by atoms with E-state index >= 15 is 0 Å². The molecule has 5 nitrogen and oxygen atoms in total. The first kappa shape index (κ1) is 16.4. The van der Waals surface area contributed by atoms with E-state index in [1.807, 2.05) is 49.4 Å². The second-order valence-electron chi connectivity index (χ2n) is 6.05. The lowest BCUT2D eigenvalue weighted by Gasteiger charge is -2.11. The third kappa shape index (κ3) is 3.07. The Morgan fingerprint density at radius 3 is 2.46 bits per heavy atom. The summed E-state index contributed by atoms with van der Waals surface area (Å²) in [7, 11) is -3.68. The highest BCUT2D eigenvalue weighted by molar-refractivity contribution is 7.92. The predicted octanol–water partition coefficient (Wildman–Crippen LogP) is 4.13. The summed E-state index contributed by atoms with van der Waals surface area (Å²) in [4.78, 5) is 0.233. The van der Waals surface area contributed by atoms with Crippen LogP contribution in [-0.2, 0) is 10.0 Å². The van der Waals surface area contributed by atoms with Gasteiger partial charge in [0.25, 0.3) is 10.0 Å². The van der Waals surface area contributed by atoms with Gasteiger partial charge < -0.3 is 0 Å². The van der Waals surface area contributed by atoms with Gasteiger partial charge in [-0.1, -0.05) is 36.4 Å². The first-order valence-corrected chi connectivity index (χ1v) is 9.64. The van der Waals surface area contributed by atoms with Gasteiger partial charge in [-0.3, -0.25) is 4.72 Å². The molecule has 1 heterocycles. The summed E-state index contributed by atoms with van der Waals surface area (Å²) < 4.78 is 30.0. The van der Waals surface area contributed by atoms with Crippen LogP contribution < -0.4 is 4.72 Å². The van der Waals surface area contributed by atoms with E-state index in [1.165, 1.54) is 0 Å². The number of rotatable bonds is 4. The minimum Gasteiger partial charge on any atom is -0.280 e. The van der Waals surface area contributed by atoms with E-state index in [9.17, 15) is 8.42 Å². The highest BCUT2D eigenvalue weighted by Crippen LogP contribution is 2.22. The van der Waals surface area contributed by atoms with E-state index in [0.717, 1.165) is 22.2 Å². The maximum atomic E-state index is 12.8. The van der Waals surface area contributed by atoms with Crippen LogP contribution in [-0.4, -0.2) is 18.2 Å². The van der Waals surface area contributed by atoms with E-state index in [1.54, 1.807) is 41.2 Å². The number of sulfonamides is 1. The van der Waals surface area contributed by atoms with Gasteiger partial charge in [0.15, 0.2) is 0 Å². The molecule has 3 aromatic carbocycles. The Kier molecular flexibility index (Phi) is 3.97. The topological polar surface area (TPSA) is 64.0 Å². The monoisotopic (exact) mass is 363 g/mol. The van der Waals surface area contributed by atoms with Gasteiger partial charge in [-0.15, -0.1) is 0 Å². The van der Waals surface area contributed by atoms with Gasteiger partial charge in [-0.25, -0.2) is 13.1 Å². The number of nitrogens with zero attached hydrogens (tertiary/aromatic N) is 2. The predicted molar refractivity (Wildman–Crippen MR) is 103 cm³/mol. The van der Waals surface area contributed by atoms with Crippen LogP contribution in [0.15, 0.2) is 83.9 Å². The molecule has 4 rings (SSSR count). The lowest BCUT2D eigenvalue weighted by atomic mass is 10.1. The van der Waals surface area contributed by atoms with E-state index in [0.29, 0.717) is 5.69 Å². The summed E-state index contributed by atoms with van der Waals surface area (Å²) in [5.41, 5.74) is 2.26. The van der Waals surface area contributed by atoms with Crippen molar-refractivity contribution in [3.8, 4) is 5.69 Å². The fourth-order valence-electron chi connectivity index (χ4n) is 2.89. The van der Waals surface area contributed by atoms with E-state index in [2.05, 4.69) is 9.82 Å². The van der Waals surface area contributed by atoms with Crippen LogP contribution in [0.3, 0.4) is 0 Å². The summed E-state index contributed by atoms with van der Waals surface area (Å²) in [5, 5.41) is 6.14. The molecule has 0 aliphatic rings. The fourth-order valence-corrected chi connectivity index (χ4v) is 3.97. The van der Waals surface area contributed by atoms with Crippen molar-refractivity contribution in [3.63, 3.8) is 0 Å². The highest BCUT2D eigenvalue weighted by atomic mass is 32.2. The van der Waals surface area contributed by atoms with E-state index in [-0.39, 0.29) is 4.90 Å². The van der Waals surface area contributed by atoms with Gasteiger partial charge in [0.2, 0.25) is 0 Å². The molecule has 0 aliphatic heterocycles. The van der Waals surface area contributed by atoms with Crippen molar-refractivity contribution in [1.29, 1.82) is 0 Å². The smallest absolute Gasteiger partial charge is 0.261 e. The Morgan fingerprint density at radius 2 is 1.69 bits per heavy atom. The quantitative estimate of drug-likeness (QED) is 0.593. The summed E-state index contributed by atoms with van der Waals surface area (Å²) in [6.45, 7) is 1.94. The van der Waals surface area contributed by atoms with Crippen LogP contribution in [0.5, 0.6) is 0 Å². The molecular formula is C20H17N3O2S. The maximum absolute atomic E-state index is 12.8. The zero-order chi connectivity index (χ0) is 18.1. The molecular weight excluding hydrogens is 346 g/mol. The molecule has 26 heavy (non-hydrogen) atoms. The van der Waals surface area contributed by atoms with Gasteiger partial charge in [0.1, 0.15) is 0 Å². The van der Waals surface area contributed by atoms with Crippen LogP contribution in [0.2, 0.25) is 0 Å². The van der Waals surface area contributed by atoms with Gasteiger partial charge in [0, 0.05) is 11.9 Å². The number of aromatic nitrogens is 2. The molecule has 0 radical (unpaired) electrons. The van der Waals surface area contributed by atoms with Gasteiger partial charge in [-0.05, 0) is 54.1 Å². The molecule has 0 saturated carbocycles. The summed E-state index contributed by atoms with van der Waals surface area (Å²) in [6.07, 6.45) is 1.71. The molecule has 6 heteroatoms. The SMILES string of the molecule is Cc1ccnn1-c1cccc(NS(=O)(=O)c2ccc3ccccc3c2)c1. The Hall–Kier alpha value is -3.12. The van der Waals surface area contributed by atoms with Crippen molar-refractivity contribution in [2.45, 2.75) is 11.8 Å². The number of nitrogens with one attached hydrogen (secondary N) is 1. The van der Waals surface area contributed by atoms with Crippen LogP contribution in [0.1, 0.15) is 5.69 Å². The van der Waals surface area contributed by atoms with Crippen molar-refractivity contribution >= 4 is 26.5 Å². The minimum absolute atomic E-state index is 0.233. The standard InChI is InChI=1S/C20H17N3O2S/c1-15-11-12-21-23(15)19-8-4-7-18(14-19)22-26(24,25)20-10-9-16-5-2-3-6-17(16)13-20/h2-14,22H,1H3. The highest BCUT2D eigenvalue weighted by Gasteiger charge is 2.15. The third-order valence-corrected chi connectivity index (χ3v) is 5.59. The average molecular weight is 363 g/mol. The van der Waals surface area contributed by atoms with Crippen molar-refractivity contribution in [2.75, 3.05) is 4.72 Å². The number of hydrogen-bond acceptors (Lipinski definition) is 3. The Labute approximate surface area is 152 Å². The summed E-state index contributed by atoms with van der Waals surface area (Å²) in [5.74, 6) is 0. The second kappa shape index (κ2) is 6.31. The van der Waals surface area contributed by atoms with Crippen LogP contribution in [0.4, 0.5) is 5.69 Å². The zero-order valence-corrected chi connectivity index (χ0v) is 14.9. The fraction of sp³-hybridized carbons (Fsp3) is 0.0500. The summed E-state index contributed by atoms with van der Waals surface area (Å²) in [6, 6.07) is 21.8. The average Bonchev–Trinajstić information content (AvgIpc) is 3.07.